The molecule has 2 aromatic heterocycles. The van der Waals surface area contributed by atoms with E-state index in [2.05, 4.69) is 20.5 Å². The normalized spacial score (nSPS) is 11.6. The SMILES string of the molecule is Cc1c(Nc2nnc(C(C)(C)C)c(=O)[nH]2)c(=O)n(-c2ccccc2)n1C. The zero-order valence-corrected chi connectivity index (χ0v) is 15.5. The Morgan fingerprint density at radius 2 is 1.73 bits per heavy atom. The van der Waals surface area contributed by atoms with E-state index in [-0.39, 0.29) is 17.1 Å². The van der Waals surface area contributed by atoms with Crippen LogP contribution < -0.4 is 16.4 Å². The molecule has 1 aromatic carbocycles. The lowest BCUT2D eigenvalue weighted by atomic mass is 9.93. The van der Waals surface area contributed by atoms with Crippen molar-refractivity contribution in [2.75, 3.05) is 5.32 Å². The number of rotatable bonds is 3. The van der Waals surface area contributed by atoms with Gasteiger partial charge in [0.15, 0.2) is 0 Å². The molecule has 3 rings (SSSR count). The van der Waals surface area contributed by atoms with Gasteiger partial charge in [-0.3, -0.25) is 19.3 Å². The summed E-state index contributed by atoms with van der Waals surface area (Å²) in [5.74, 6) is 0.133. The van der Waals surface area contributed by atoms with Crippen molar-refractivity contribution in [2.45, 2.75) is 33.1 Å². The van der Waals surface area contributed by atoms with Gasteiger partial charge < -0.3 is 5.32 Å². The fourth-order valence-electron chi connectivity index (χ4n) is 2.71. The Labute approximate surface area is 150 Å². The van der Waals surface area contributed by atoms with E-state index >= 15 is 0 Å². The molecule has 0 spiro atoms. The molecule has 26 heavy (non-hydrogen) atoms. The number of nitrogens with one attached hydrogen (secondary N) is 2. The van der Waals surface area contributed by atoms with E-state index in [0.29, 0.717) is 17.1 Å². The number of benzene rings is 1. The maximum atomic E-state index is 12.9. The van der Waals surface area contributed by atoms with E-state index in [1.54, 1.807) is 16.4 Å². The minimum atomic E-state index is -0.415. The van der Waals surface area contributed by atoms with Crippen LogP contribution in [0.4, 0.5) is 11.6 Å². The van der Waals surface area contributed by atoms with Crippen LogP contribution in [0.15, 0.2) is 39.9 Å². The fraction of sp³-hybridized carbons (Fsp3) is 0.333. The van der Waals surface area contributed by atoms with Crippen molar-refractivity contribution in [2.24, 2.45) is 7.05 Å². The van der Waals surface area contributed by atoms with Crippen molar-refractivity contribution in [1.29, 1.82) is 0 Å². The van der Waals surface area contributed by atoms with E-state index in [4.69, 9.17) is 0 Å². The van der Waals surface area contributed by atoms with Crippen LogP contribution >= 0.6 is 0 Å². The van der Waals surface area contributed by atoms with E-state index in [9.17, 15) is 9.59 Å². The number of nitrogens with zero attached hydrogens (tertiary/aromatic N) is 4. The predicted molar refractivity (Wildman–Crippen MR) is 100 cm³/mol. The zero-order valence-electron chi connectivity index (χ0n) is 15.5. The summed E-state index contributed by atoms with van der Waals surface area (Å²) in [5, 5.41) is 10.9. The molecule has 0 aliphatic carbocycles. The van der Waals surface area contributed by atoms with Gasteiger partial charge in [-0.05, 0) is 19.1 Å². The van der Waals surface area contributed by atoms with Crippen molar-refractivity contribution >= 4 is 11.6 Å². The van der Waals surface area contributed by atoms with E-state index in [1.165, 1.54) is 0 Å². The molecule has 2 heterocycles. The molecule has 8 nitrogen and oxygen atoms in total. The highest BCUT2D eigenvalue weighted by Gasteiger charge is 2.22. The van der Waals surface area contributed by atoms with Crippen molar-refractivity contribution < 1.29 is 0 Å². The van der Waals surface area contributed by atoms with E-state index in [0.717, 1.165) is 5.69 Å². The van der Waals surface area contributed by atoms with Gasteiger partial charge in [-0.15, -0.1) is 10.2 Å². The van der Waals surface area contributed by atoms with E-state index in [1.807, 2.05) is 58.0 Å². The highest BCUT2D eigenvalue weighted by Crippen LogP contribution is 2.18. The van der Waals surface area contributed by atoms with Crippen LogP contribution in [0.1, 0.15) is 32.2 Å². The third-order valence-corrected chi connectivity index (χ3v) is 4.21. The van der Waals surface area contributed by atoms with Gasteiger partial charge >= 0.3 is 0 Å². The van der Waals surface area contributed by atoms with Crippen molar-refractivity contribution in [3.05, 3.63) is 62.4 Å². The van der Waals surface area contributed by atoms with Crippen LogP contribution in [-0.2, 0) is 12.5 Å². The smallest absolute Gasteiger partial charge is 0.295 e. The van der Waals surface area contributed by atoms with Crippen molar-refractivity contribution in [3.63, 3.8) is 0 Å². The number of aromatic nitrogens is 5. The van der Waals surface area contributed by atoms with Crippen LogP contribution in [0.25, 0.3) is 5.69 Å². The molecule has 0 aliphatic heterocycles. The number of anilines is 2. The minimum absolute atomic E-state index is 0.133. The average molecular weight is 354 g/mol. The summed E-state index contributed by atoms with van der Waals surface area (Å²) in [4.78, 5) is 27.8. The Morgan fingerprint density at radius 3 is 2.31 bits per heavy atom. The summed E-state index contributed by atoms with van der Waals surface area (Å²) >= 11 is 0. The number of aromatic amines is 1. The first-order valence-electron chi connectivity index (χ1n) is 8.28. The quantitative estimate of drug-likeness (QED) is 0.750. The molecule has 0 saturated heterocycles. The van der Waals surface area contributed by atoms with Crippen molar-refractivity contribution in [1.82, 2.24) is 24.5 Å². The van der Waals surface area contributed by atoms with Crippen LogP contribution in [0.2, 0.25) is 0 Å². The zero-order chi connectivity index (χ0) is 19.1. The maximum absolute atomic E-state index is 12.9. The lowest BCUT2D eigenvalue weighted by Gasteiger charge is -2.15. The minimum Gasteiger partial charge on any atom is -0.318 e. The molecule has 0 atom stereocenters. The third-order valence-electron chi connectivity index (χ3n) is 4.21. The highest BCUT2D eigenvalue weighted by atomic mass is 16.1. The van der Waals surface area contributed by atoms with Gasteiger partial charge in [0.1, 0.15) is 11.4 Å². The standard InChI is InChI=1S/C18H22N6O2/c1-11-13(16(26)24(23(11)5)12-9-7-6-8-10-12)19-17-20-15(25)14(21-22-17)18(2,3)4/h6-10H,1-5H3,(H2,19,20,22,25). The van der Waals surface area contributed by atoms with Gasteiger partial charge in [0.05, 0.1) is 11.4 Å². The van der Waals surface area contributed by atoms with Crippen LogP contribution in [0, 0.1) is 6.92 Å². The molecule has 0 radical (unpaired) electrons. The molecule has 2 N–H and O–H groups in total. The average Bonchev–Trinajstić information content (AvgIpc) is 2.78. The summed E-state index contributed by atoms with van der Waals surface area (Å²) in [6.07, 6.45) is 0. The lowest BCUT2D eigenvalue weighted by molar-refractivity contribution is 0.547. The molecule has 0 aliphatic rings. The second kappa shape index (κ2) is 6.29. The van der Waals surface area contributed by atoms with Crippen LogP contribution in [0.3, 0.4) is 0 Å². The predicted octanol–water partition coefficient (Wildman–Crippen LogP) is 2.00. The van der Waals surface area contributed by atoms with Crippen molar-refractivity contribution in [3.8, 4) is 5.69 Å². The number of hydrogen-bond donors (Lipinski definition) is 2. The number of para-hydroxylation sites is 1. The Hall–Kier alpha value is -3.16. The number of hydrogen-bond acceptors (Lipinski definition) is 5. The third kappa shape index (κ3) is 3.05. The van der Waals surface area contributed by atoms with E-state index < -0.39 is 5.41 Å². The largest absolute Gasteiger partial charge is 0.318 e. The molecule has 8 heteroatoms. The summed E-state index contributed by atoms with van der Waals surface area (Å²) in [7, 11) is 1.80. The molecule has 0 fully saturated rings. The van der Waals surface area contributed by atoms with Crippen LogP contribution in [-0.4, -0.2) is 24.5 Å². The van der Waals surface area contributed by atoms with Gasteiger partial charge in [0.2, 0.25) is 5.95 Å². The first kappa shape index (κ1) is 17.7. The second-order valence-electron chi connectivity index (χ2n) is 7.16. The molecule has 3 aromatic rings. The first-order chi connectivity index (χ1) is 12.2. The molecule has 0 saturated carbocycles. The summed E-state index contributed by atoms with van der Waals surface area (Å²) in [6, 6.07) is 9.33. The van der Waals surface area contributed by atoms with Gasteiger partial charge in [-0.2, -0.15) is 0 Å². The Bertz CT molecular complexity index is 1050. The topological polar surface area (TPSA) is 97.6 Å². The molecular formula is C18H22N6O2. The van der Waals surface area contributed by atoms with Gasteiger partial charge in [0, 0.05) is 12.5 Å². The summed E-state index contributed by atoms with van der Waals surface area (Å²) in [5.41, 5.74) is 1.16. The number of H-pyrrole nitrogens is 1. The first-order valence-corrected chi connectivity index (χ1v) is 8.28. The lowest BCUT2D eigenvalue weighted by Crippen LogP contribution is -2.28. The summed E-state index contributed by atoms with van der Waals surface area (Å²) in [6.45, 7) is 7.48. The van der Waals surface area contributed by atoms with Crippen LogP contribution in [0.5, 0.6) is 0 Å². The molecule has 0 amide bonds. The Morgan fingerprint density at radius 1 is 1.08 bits per heavy atom. The molecule has 136 valence electrons. The molecular weight excluding hydrogens is 332 g/mol. The second-order valence-corrected chi connectivity index (χ2v) is 7.16. The van der Waals surface area contributed by atoms with Gasteiger partial charge in [0.25, 0.3) is 11.1 Å². The summed E-state index contributed by atoms with van der Waals surface area (Å²) < 4.78 is 3.29. The fourth-order valence-corrected chi connectivity index (χ4v) is 2.71. The molecule has 0 bridgehead atoms. The highest BCUT2D eigenvalue weighted by molar-refractivity contribution is 5.56. The molecule has 0 unspecified atom stereocenters. The van der Waals surface area contributed by atoms with Gasteiger partial charge in [-0.1, -0.05) is 39.0 Å². The van der Waals surface area contributed by atoms with Gasteiger partial charge in [-0.25, -0.2) is 4.68 Å². The maximum Gasteiger partial charge on any atom is 0.295 e. The Balaban J connectivity index is 2.04. The monoisotopic (exact) mass is 354 g/mol. The Kier molecular flexibility index (Phi) is 4.27.